The van der Waals surface area contributed by atoms with E-state index in [1.807, 2.05) is 13.0 Å². The number of aromatic carboxylic acids is 1. The maximum Gasteiger partial charge on any atom is 0.345 e. The van der Waals surface area contributed by atoms with Crippen molar-refractivity contribution in [1.29, 1.82) is 0 Å². The normalized spacial score (nSPS) is 10.2. The van der Waals surface area contributed by atoms with Crippen LogP contribution in [0.15, 0.2) is 30.3 Å². The highest BCUT2D eigenvalue weighted by atomic mass is 32.1. The average Bonchev–Trinajstić information content (AvgIpc) is 3.04. The Morgan fingerprint density at radius 3 is 2.52 bits per heavy atom. The standard InChI is InChI=1S/C16H17NO5S/c1-3-22-11-5-4-10(8-12(11)21-2)9-17-15(18)13-6-7-14(23-13)16(19)20/h4-8H,3,9H2,1-2H3,(H,17,18)(H,19,20). The second kappa shape index (κ2) is 7.64. The second-order valence-corrected chi connectivity index (χ2v) is 5.65. The van der Waals surface area contributed by atoms with E-state index in [4.69, 9.17) is 14.6 Å². The molecule has 0 aliphatic carbocycles. The molecule has 0 atom stereocenters. The van der Waals surface area contributed by atoms with Crippen LogP contribution >= 0.6 is 11.3 Å². The third-order valence-corrected chi connectivity index (χ3v) is 4.09. The highest BCUT2D eigenvalue weighted by Gasteiger charge is 2.13. The Morgan fingerprint density at radius 2 is 1.91 bits per heavy atom. The number of benzene rings is 1. The summed E-state index contributed by atoms with van der Waals surface area (Å²) >= 11 is 0.945. The van der Waals surface area contributed by atoms with E-state index in [-0.39, 0.29) is 10.8 Å². The SMILES string of the molecule is CCOc1ccc(CNC(=O)c2ccc(C(=O)O)s2)cc1OC. The van der Waals surface area contributed by atoms with Crippen molar-refractivity contribution in [1.82, 2.24) is 5.32 Å². The molecule has 7 heteroatoms. The molecule has 0 aliphatic heterocycles. The summed E-state index contributed by atoms with van der Waals surface area (Å²) in [7, 11) is 1.55. The summed E-state index contributed by atoms with van der Waals surface area (Å²) in [6.07, 6.45) is 0. The van der Waals surface area contributed by atoms with Crippen molar-refractivity contribution in [2.24, 2.45) is 0 Å². The number of hydrogen-bond donors (Lipinski definition) is 2. The Labute approximate surface area is 137 Å². The topological polar surface area (TPSA) is 84.9 Å². The molecule has 0 unspecified atom stereocenters. The largest absolute Gasteiger partial charge is 0.493 e. The lowest BCUT2D eigenvalue weighted by Gasteiger charge is -2.11. The first kappa shape index (κ1) is 16.8. The number of rotatable bonds is 7. The van der Waals surface area contributed by atoms with Crippen LogP contribution in [0.3, 0.4) is 0 Å². The number of methoxy groups -OCH3 is 1. The molecule has 0 fully saturated rings. The summed E-state index contributed by atoms with van der Waals surface area (Å²) in [5.41, 5.74) is 0.855. The molecular formula is C16H17NO5S. The van der Waals surface area contributed by atoms with Gasteiger partial charge in [0, 0.05) is 6.54 Å². The summed E-state index contributed by atoms with van der Waals surface area (Å²) in [5.74, 6) is -0.0991. The fourth-order valence-corrected chi connectivity index (χ4v) is 2.70. The van der Waals surface area contributed by atoms with Crippen LogP contribution in [0.1, 0.15) is 31.8 Å². The minimum atomic E-state index is -1.04. The molecule has 0 radical (unpaired) electrons. The molecule has 2 aromatic rings. The van der Waals surface area contributed by atoms with Gasteiger partial charge in [-0.2, -0.15) is 0 Å². The molecule has 1 aromatic carbocycles. The van der Waals surface area contributed by atoms with Crippen molar-refractivity contribution in [3.63, 3.8) is 0 Å². The van der Waals surface area contributed by atoms with E-state index in [0.717, 1.165) is 16.9 Å². The van der Waals surface area contributed by atoms with E-state index in [1.54, 1.807) is 19.2 Å². The first-order valence-corrected chi connectivity index (χ1v) is 7.77. The molecule has 0 bridgehead atoms. The van der Waals surface area contributed by atoms with Gasteiger partial charge in [-0.15, -0.1) is 11.3 Å². The lowest BCUT2D eigenvalue weighted by Crippen LogP contribution is -2.21. The number of ether oxygens (including phenoxy) is 2. The van der Waals surface area contributed by atoms with E-state index < -0.39 is 5.97 Å². The zero-order valence-corrected chi connectivity index (χ0v) is 13.6. The van der Waals surface area contributed by atoms with Crippen molar-refractivity contribution < 1.29 is 24.2 Å². The van der Waals surface area contributed by atoms with Gasteiger partial charge in [-0.3, -0.25) is 4.79 Å². The molecule has 0 saturated heterocycles. The van der Waals surface area contributed by atoms with Gasteiger partial charge in [0.05, 0.1) is 18.6 Å². The lowest BCUT2D eigenvalue weighted by molar-refractivity contribution is 0.0702. The minimum Gasteiger partial charge on any atom is -0.493 e. The Bertz CT molecular complexity index is 710. The van der Waals surface area contributed by atoms with Gasteiger partial charge in [-0.05, 0) is 36.8 Å². The molecule has 1 heterocycles. The zero-order chi connectivity index (χ0) is 16.8. The Morgan fingerprint density at radius 1 is 1.17 bits per heavy atom. The Kier molecular flexibility index (Phi) is 5.59. The maximum absolute atomic E-state index is 12.0. The number of carbonyl (C=O) groups is 2. The minimum absolute atomic E-state index is 0.137. The predicted octanol–water partition coefficient (Wildman–Crippen LogP) is 2.78. The first-order valence-electron chi connectivity index (χ1n) is 6.96. The number of hydrogen-bond acceptors (Lipinski definition) is 5. The molecule has 23 heavy (non-hydrogen) atoms. The first-order chi connectivity index (χ1) is 11.0. The van der Waals surface area contributed by atoms with Gasteiger partial charge < -0.3 is 19.9 Å². The van der Waals surface area contributed by atoms with Crippen molar-refractivity contribution in [3.8, 4) is 11.5 Å². The second-order valence-electron chi connectivity index (χ2n) is 4.57. The van der Waals surface area contributed by atoms with E-state index in [0.29, 0.717) is 29.5 Å². The number of carboxylic acids is 1. The predicted molar refractivity (Wildman–Crippen MR) is 86.6 cm³/mol. The van der Waals surface area contributed by atoms with Crippen LogP contribution < -0.4 is 14.8 Å². The smallest absolute Gasteiger partial charge is 0.345 e. The van der Waals surface area contributed by atoms with Crippen molar-refractivity contribution in [3.05, 3.63) is 45.6 Å². The van der Waals surface area contributed by atoms with Gasteiger partial charge in [-0.25, -0.2) is 4.79 Å². The van der Waals surface area contributed by atoms with Gasteiger partial charge in [0.1, 0.15) is 4.88 Å². The quantitative estimate of drug-likeness (QED) is 0.813. The number of thiophene rings is 1. The maximum atomic E-state index is 12.0. The molecule has 1 amide bonds. The van der Waals surface area contributed by atoms with E-state index in [2.05, 4.69) is 5.32 Å². The van der Waals surface area contributed by atoms with Crippen LogP contribution in [-0.4, -0.2) is 30.7 Å². The molecule has 6 nitrogen and oxygen atoms in total. The summed E-state index contributed by atoms with van der Waals surface area (Å²) in [6.45, 7) is 2.73. The molecule has 1 aromatic heterocycles. The number of amides is 1. The van der Waals surface area contributed by atoms with Crippen molar-refractivity contribution >= 4 is 23.2 Å². The fourth-order valence-electron chi connectivity index (χ4n) is 1.94. The third-order valence-electron chi connectivity index (χ3n) is 3.02. The van der Waals surface area contributed by atoms with Crippen molar-refractivity contribution in [2.75, 3.05) is 13.7 Å². The molecule has 0 saturated carbocycles. The summed E-state index contributed by atoms with van der Waals surface area (Å²) in [5, 5.41) is 11.6. The van der Waals surface area contributed by atoms with Crippen LogP contribution in [0, 0.1) is 0 Å². The van der Waals surface area contributed by atoms with Crippen LogP contribution in [0.5, 0.6) is 11.5 Å². The Hall–Kier alpha value is -2.54. The fraction of sp³-hybridized carbons (Fsp3) is 0.250. The summed E-state index contributed by atoms with van der Waals surface area (Å²) in [4.78, 5) is 23.4. The molecular weight excluding hydrogens is 318 g/mol. The zero-order valence-electron chi connectivity index (χ0n) is 12.8. The van der Waals surface area contributed by atoms with Gasteiger partial charge >= 0.3 is 5.97 Å². The van der Waals surface area contributed by atoms with Gasteiger partial charge in [-0.1, -0.05) is 6.07 Å². The summed E-state index contributed by atoms with van der Waals surface area (Å²) < 4.78 is 10.7. The third kappa shape index (κ3) is 4.23. The highest BCUT2D eigenvalue weighted by molar-refractivity contribution is 7.15. The Balaban J connectivity index is 2.02. The van der Waals surface area contributed by atoms with Gasteiger partial charge in [0.2, 0.25) is 0 Å². The number of carbonyl (C=O) groups excluding carboxylic acids is 1. The molecule has 122 valence electrons. The number of nitrogens with one attached hydrogen (secondary N) is 1. The van der Waals surface area contributed by atoms with Crippen LogP contribution in [0.4, 0.5) is 0 Å². The monoisotopic (exact) mass is 335 g/mol. The van der Waals surface area contributed by atoms with E-state index in [1.165, 1.54) is 12.1 Å². The molecule has 2 N–H and O–H groups in total. The van der Waals surface area contributed by atoms with Crippen LogP contribution in [0.2, 0.25) is 0 Å². The van der Waals surface area contributed by atoms with E-state index in [9.17, 15) is 9.59 Å². The molecule has 0 aliphatic rings. The van der Waals surface area contributed by atoms with E-state index >= 15 is 0 Å². The van der Waals surface area contributed by atoms with Crippen LogP contribution in [-0.2, 0) is 6.54 Å². The lowest BCUT2D eigenvalue weighted by atomic mass is 10.2. The molecule has 0 spiro atoms. The van der Waals surface area contributed by atoms with Crippen molar-refractivity contribution in [2.45, 2.75) is 13.5 Å². The highest BCUT2D eigenvalue weighted by Crippen LogP contribution is 2.28. The summed E-state index contributed by atoms with van der Waals surface area (Å²) in [6, 6.07) is 8.34. The van der Waals surface area contributed by atoms with Crippen LogP contribution in [0.25, 0.3) is 0 Å². The average molecular weight is 335 g/mol. The number of carboxylic acid groups (broad SMARTS) is 1. The van der Waals surface area contributed by atoms with Gasteiger partial charge in [0.15, 0.2) is 11.5 Å². The van der Waals surface area contributed by atoms with Gasteiger partial charge in [0.25, 0.3) is 5.91 Å². The molecule has 2 rings (SSSR count).